The lowest BCUT2D eigenvalue weighted by atomic mass is 10.0. The Morgan fingerprint density at radius 2 is 2.00 bits per heavy atom. The third kappa shape index (κ3) is 3.17. The number of piperazine rings is 1. The molecule has 0 aliphatic carbocycles. The zero-order valence-electron chi connectivity index (χ0n) is 10.4. The molecule has 0 aromatic rings. The van der Waals surface area contributed by atoms with Gasteiger partial charge in [0.25, 0.3) is 0 Å². The number of nitrogens with one attached hydrogen (secondary N) is 1. The molecule has 2 N–H and O–H groups in total. The molecule has 2 saturated heterocycles. The predicted molar refractivity (Wildman–Crippen MR) is 65.5 cm³/mol. The van der Waals surface area contributed by atoms with E-state index in [1.54, 1.807) is 0 Å². The van der Waals surface area contributed by atoms with Crippen LogP contribution < -0.4 is 5.32 Å². The van der Waals surface area contributed by atoms with Crippen LogP contribution in [0.15, 0.2) is 0 Å². The van der Waals surface area contributed by atoms with Crippen LogP contribution in [-0.4, -0.2) is 73.4 Å². The quantitative estimate of drug-likeness (QED) is 0.685. The van der Waals surface area contributed by atoms with Crippen LogP contribution in [-0.2, 0) is 0 Å². The van der Waals surface area contributed by atoms with E-state index in [0.717, 1.165) is 45.8 Å². The van der Waals surface area contributed by atoms with Crippen molar-refractivity contribution in [1.29, 1.82) is 0 Å². The first kappa shape index (κ1) is 12.3. The first-order chi connectivity index (χ1) is 7.79. The van der Waals surface area contributed by atoms with E-state index >= 15 is 0 Å². The number of hydrogen-bond acceptors (Lipinski definition) is 4. The largest absolute Gasteiger partial charge is 0.391 e. The van der Waals surface area contributed by atoms with Gasteiger partial charge in [0.05, 0.1) is 6.10 Å². The van der Waals surface area contributed by atoms with Gasteiger partial charge in [0.1, 0.15) is 0 Å². The molecule has 0 saturated carbocycles. The van der Waals surface area contributed by atoms with E-state index in [-0.39, 0.29) is 6.10 Å². The minimum atomic E-state index is -0.130. The van der Waals surface area contributed by atoms with Crippen molar-refractivity contribution in [2.75, 3.05) is 52.4 Å². The van der Waals surface area contributed by atoms with Gasteiger partial charge in [-0.05, 0) is 19.5 Å². The zero-order valence-corrected chi connectivity index (χ0v) is 10.4. The maximum Gasteiger partial charge on any atom is 0.0707 e. The van der Waals surface area contributed by atoms with E-state index in [0.29, 0.717) is 5.92 Å². The number of hydrogen-bond donors (Lipinski definition) is 2. The number of aliphatic hydroxyl groups excluding tert-OH is 1. The van der Waals surface area contributed by atoms with E-state index in [9.17, 15) is 5.11 Å². The normalized spacial score (nSPS) is 30.8. The lowest BCUT2D eigenvalue weighted by Gasteiger charge is -2.31. The fraction of sp³-hybridized carbons (Fsp3) is 1.00. The van der Waals surface area contributed by atoms with Crippen molar-refractivity contribution in [3.63, 3.8) is 0 Å². The maximum absolute atomic E-state index is 10.2. The summed E-state index contributed by atoms with van der Waals surface area (Å²) in [5.74, 6) is 0.495. The minimum absolute atomic E-state index is 0.130. The first-order valence-corrected chi connectivity index (χ1v) is 6.63. The molecule has 0 radical (unpaired) electrons. The minimum Gasteiger partial charge on any atom is -0.391 e. The van der Waals surface area contributed by atoms with Gasteiger partial charge in [-0.3, -0.25) is 4.90 Å². The molecular weight excluding hydrogens is 202 g/mol. The molecule has 2 aliphatic heterocycles. The lowest BCUT2D eigenvalue weighted by Crippen LogP contribution is -2.47. The number of aliphatic hydroxyl groups is 1. The highest BCUT2D eigenvalue weighted by atomic mass is 16.3. The first-order valence-electron chi connectivity index (χ1n) is 6.63. The lowest BCUT2D eigenvalue weighted by molar-refractivity contribution is 0.0618. The number of nitrogens with zero attached hydrogens (tertiary/aromatic N) is 2. The second-order valence-corrected chi connectivity index (χ2v) is 5.06. The molecule has 2 aliphatic rings. The topological polar surface area (TPSA) is 38.7 Å². The van der Waals surface area contributed by atoms with Gasteiger partial charge in [-0.1, -0.05) is 6.92 Å². The molecule has 16 heavy (non-hydrogen) atoms. The summed E-state index contributed by atoms with van der Waals surface area (Å²) in [6.07, 6.45) is 1.04. The van der Waals surface area contributed by atoms with Crippen molar-refractivity contribution in [3.8, 4) is 0 Å². The average molecular weight is 227 g/mol. The van der Waals surface area contributed by atoms with Crippen molar-refractivity contribution in [2.24, 2.45) is 5.92 Å². The summed E-state index contributed by atoms with van der Waals surface area (Å²) < 4.78 is 0. The molecule has 2 unspecified atom stereocenters. The number of rotatable bonds is 4. The fourth-order valence-corrected chi connectivity index (χ4v) is 2.77. The van der Waals surface area contributed by atoms with Crippen molar-refractivity contribution >= 4 is 0 Å². The highest BCUT2D eigenvalue weighted by Gasteiger charge is 2.28. The Kier molecular flexibility index (Phi) is 4.58. The second kappa shape index (κ2) is 5.96. The molecule has 2 rings (SSSR count). The van der Waals surface area contributed by atoms with Crippen LogP contribution >= 0.6 is 0 Å². The van der Waals surface area contributed by atoms with Crippen LogP contribution in [0.3, 0.4) is 0 Å². The predicted octanol–water partition coefficient (Wildman–Crippen LogP) is -0.406. The molecule has 0 bridgehead atoms. The Morgan fingerprint density at radius 1 is 1.25 bits per heavy atom. The number of β-amino-alcohol motifs (C(OH)–C–C–N with tert-alkyl or cyclic N) is 1. The van der Waals surface area contributed by atoms with E-state index in [1.165, 1.54) is 13.0 Å². The van der Waals surface area contributed by atoms with Crippen LogP contribution in [0.4, 0.5) is 0 Å². The summed E-state index contributed by atoms with van der Waals surface area (Å²) in [5.41, 5.74) is 0. The maximum atomic E-state index is 10.2. The summed E-state index contributed by atoms with van der Waals surface area (Å²) in [7, 11) is 0. The molecule has 2 heterocycles. The Labute approximate surface area is 98.6 Å². The third-order valence-electron chi connectivity index (χ3n) is 3.96. The highest BCUT2D eigenvalue weighted by Crippen LogP contribution is 2.20. The van der Waals surface area contributed by atoms with Crippen molar-refractivity contribution in [2.45, 2.75) is 19.4 Å². The van der Waals surface area contributed by atoms with Gasteiger partial charge in [-0.2, -0.15) is 0 Å². The van der Waals surface area contributed by atoms with Gasteiger partial charge in [0.2, 0.25) is 0 Å². The van der Waals surface area contributed by atoms with Gasteiger partial charge < -0.3 is 15.3 Å². The van der Waals surface area contributed by atoms with Crippen LogP contribution in [0.25, 0.3) is 0 Å². The smallest absolute Gasteiger partial charge is 0.0707 e. The molecule has 4 heteroatoms. The standard InChI is InChI=1S/C12H25N3O/c1-2-14-6-3-11(9-14)12(16)10-15-7-4-13-5-8-15/h11-13,16H,2-10H2,1H3. The van der Waals surface area contributed by atoms with Gasteiger partial charge in [0.15, 0.2) is 0 Å². The Balaban J connectivity index is 1.72. The highest BCUT2D eigenvalue weighted by molar-refractivity contribution is 4.83. The van der Waals surface area contributed by atoms with Crippen molar-refractivity contribution < 1.29 is 5.11 Å². The van der Waals surface area contributed by atoms with E-state index < -0.39 is 0 Å². The van der Waals surface area contributed by atoms with Gasteiger partial charge in [-0.15, -0.1) is 0 Å². The molecule has 0 amide bonds. The SMILES string of the molecule is CCN1CCC(C(O)CN2CCNCC2)C1. The van der Waals surface area contributed by atoms with E-state index in [1.807, 2.05) is 0 Å². The molecule has 94 valence electrons. The van der Waals surface area contributed by atoms with Crippen LogP contribution in [0.2, 0.25) is 0 Å². The Bertz CT molecular complexity index is 206. The molecule has 4 nitrogen and oxygen atoms in total. The van der Waals surface area contributed by atoms with E-state index in [4.69, 9.17) is 0 Å². The summed E-state index contributed by atoms with van der Waals surface area (Å²) in [6, 6.07) is 0. The summed E-state index contributed by atoms with van der Waals surface area (Å²) in [5, 5.41) is 13.6. The van der Waals surface area contributed by atoms with Crippen molar-refractivity contribution in [1.82, 2.24) is 15.1 Å². The summed E-state index contributed by atoms with van der Waals surface area (Å²) in [4.78, 5) is 4.82. The van der Waals surface area contributed by atoms with Gasteiger partial charge >= 0.3 is 0 Å². The number of likely N-dealkylation sites (tertiary alicyclic amines) is 1. The third-order valence-corrected chi connectivity index (χ3v) is 3.96. The van der Waals surface area contributed by atoms with Crippen LogP contribution in [0.5, 0.6) is 0 Å². The zero-order chi connectivity index (χ0) is 11.4. The second-order valence-electron chi connectivity index (χ2n) is 5.06. The van der Waals surface area contributed by atoms with Crippen LogP contribution in [0, 0.1) is 5.92 Å². The Morgan fingerprint density at radius 3 is 2.62 bits per heavy atom. The van der Waals surface area contributed by atoms with E-state index in [2.05, 4.69) is 22.0 Å². The summed E-state index contributed by atoms with van der Waals surface area (Å²) in [6.45, 7) is 10.7. The fourth-order valence-electron chi connectivity index (χ4n) is 2.77. The Hall–Kier alpha value is -0.160. The molecular formula is C12H25N3O. The molecule has 0 aromatic carbocycles. The van der Waals surface area contributed by atoms with Gasteiger partial charge in [0, 0.05) is 45.2 Å². The summed E-state index contributed by atoms with van der Waals surface area (Å²) >= 11 is 0. The monoisotopic (exact) mass is 227 g/mol. The molecule has 0 spiro atoms. The molecule has 2 atom stereocenters. The van der Waals surface area contributed by atoms with Crippen molar-refractivity contribution in [3.05, 3.63) is 0 Å². The molecule has 2 fully saturated rings. The van der Waals surface area contributed by atoms with Gasteiger partial charge in [-0.25, -0.2) is 0 Å². The molecule has 0 aromatic heterocycles. The van der Waals surface area contributed by atoms with Crippen LogP contribution in [0.1, 0.15) is 13.3 Å². The average Bonchev–Trinajstić information content (AvgIpc) is 2.79.